The number of carbonyl (C=O) groups excluding carboxylic acids is 1. The molecule has 1 aromatic carbocycles. The van der Waals surface area contributed by atoms with Crippen molar-refractivity contribution in [3.8, 4) is 0 Å². The first kappa shape index (κ1) is 18.6. The van der Waals surface area contributed by atoms with E-state index in [1.807, 2.05) is 25.1 Å². The Morgan fingerprint density at radius 1 is 1.23 bits per heavy atom. The third kappa shape index (κ3) is 4.91. The number of halogens is 1. The molecule has 1 fully saturated rings. The summed E-state index contributed by atoms with van der Waals surface area (Å²) in [5.41, 5.74) is 2.08. The van der Waals surface area contributed by atoms with Crippen molar-refractivity contribution in [1.29, 1.82) is 0 Å². The summed E-state index contributed by atoms with van der Waals surface area (Å²) in [6, 6.07) is 8.98. The standard InChI is InChI=1S/C18H22ClN5O2/c1-13-14(19)3-2-4-15(13)21-17-6-5-16(22-23-17)18(25)20-7-8-24-9-11-26-12-10-24/h2-6H,7-12H2,1H3,(H,20,25)(H,21,23). The first-order valence-corrected chi connectivity index (χ1v) is 8.95. The number of hydrogen-bond acceptors (Lipinski definition) is 6. The topological polar surface area (TPSA) is 79.4 Å². The van der Waals surface area contributed by atoms with Gasteiger partial charge in [0.15, 0.2) is 11.5 Å². The molecule has 1 aromatic heterocycles. The van der Waals surface area contributed by atoms with Gasteiger partial charge in [-0.05, 0) is 36.8 Å². The molecule has 2 N–H and O–H groups in total. The molecule has 8 heteroatoms. The number of carbonyl (C=O) groups is 1. The predicted octanol–water partition coefficient (Wildman–Crippen LogP) is 2.24. The van der Waals surface area contributed by atoms with Gasteiger partial charge in [-0.25, -0.2) is 0 Å². The van der Waals surface area contributed by atoms with Crippen LogP contribution in [0, 0.1) is 6.92 Å². The normalized spacial score (nSPS) is 14.8. The fourth-order valence-electron chi connectivity index (χ4n) is 2.64. The van der Waals surface area contributed by atoms with E-state index in [1.165, 1.54) is 0 Å². The molecule has 0 saturated carbocycles. The average molecular weight is 376 g/mol. The number of morpholine rings is 1. The molecule has 138 valence electrons. The van der Waals surface area contributed by atoms with E-state index in [1.54, 1.807) is 12.1 Å². The number of nitrogens with one attached hydrogen (secondary N) is 2. The molecule has 0 spiro atoms. The van der Waals surface area contributed by atoms with Crippen molar-refractivity contribution in [2.45, 2.75) is 6.92 Å². The van der Waals surface area contributed by atoms with Gasteiger partial charge in [0.05, 0.1) is 13.2 Å². The van der Waals surface area contributed by atoms with E-state index in [0.29, 0.717) is 23.1 Å². The molecular weight excluding hydrogens is 354 g/mol. The molecule has 0 bridgehead atoms. The zero-order chi connectivity index (χ0) is 18.4. The lowest BCUT2D eigenvalue weighted by atomic mass is 10.2. The second kappa shape index (κ2) is 8.93. The highest BCUT2D eigenvalue weighted by Crippen LogP contribution is 2.25. The third-order valence-corrected chi connectivity index (χ3v) is 4.65. The molecule has 0 radical (unpaired) electrons. The van der Waals surface area contributed by atoms with Gasteiger partial charge in [0.25, 0.3) is 5.91 Å². The van der Waals surface area contributed by atoms with E-state index in [4.69, 9.17) is 16.3 Å². The second-order valence-corrected chi connectivity index (χ2v) is 6.46. The smallest absolute Gasteiger partial charge is 0.271 e. The average Bonchev–Trinajstić information content (AvgIpc) is 2.67. The van der Waals surface area contributed by atoms with Gasteiger partial charge in [-0.3, -0.25) is 9.69 Å². The Bertz CT molecular complexity index is 748. The Kier molecular flexibility index (Phi) is 6.38. The molecule has 0 atom stereocenters. The zero-order valence-electron chi connectivity index (χ0n) is 14.7. The molecule has 1 aliphatic heterocycles. The van der Waals surface area contributed by atoms with Crippen LogP contribution in [0.25, 0.3) is 0 Å². The van der Waals surface area contributed by atoms with Crippen LogP contribution in [0.3, 0.4) is 0 Å². The summed E-state index contributed by atoms with van der Waals surface area (Å²) in [6.07, 6.45) is 0. The van der Waals surface area contributed by atoms with E-state index in [0.717, 1.165) is 44.1 Å². The lowest BCUT2D eigenvalue weighted by Crippen LogP contribution is -2.41. The quantitative estimate of drug-likeness (QED) is 0.806. The molecular formula is C18H22ClN5O2. The molecule has 1 saturated heterocycles. The summed E-state index contributed by atoms with van der Waals surface area (Å²) < 4.78 is 5.30. The summed E-state index contributed by atoms with van der Waals surface area (Å²) in [7, 11) is 0. The molecule has 26 heavy (non-hydrogen) atoms. The summed E-state index contributed by atoms with van der Waals surface area (Å²) in [4.78, 5) is 14.4. The highest BCUT2D eigenvalue weighted by molar-refractivity contribution is 6.31. The zero-order valence-corrected chi connectivity index (χ0v) is 15.4. The fourth-order valence-corrected chi connectivity index (χ4v) is 2.82. The van der Waals surface area contributed by atoms with Crippen LogP contribution in [0.1, 0.15) is 16.1 Å². The minimum absolute atomic E-state index is 0.226. The highest BCUT2D eigenvalue weighted by atomic mass is 35.5. The molecule has 7 nitrogen and oxygen atoms in total. The number of benzene rings is 1. The largest absolute Gasteiger partial charge is 0.379 e. The summed E-state index contributed by atoms with van der Waals surface area (Å²) in [6.45, 7) is 6.60. The molecule has 3 rings (SSSR count). The maximum atomic E-state index is 12.2. The number of hydrogen-bond donors (Lipinski definition) is 2. The van der Waals surface area contributed by atoms with E-state index in [9.17, 15) is 4.79 Å². The van der Waals surface area contributed by atoms with Gasteiger partial charge in [0, 0.05) is 36.9 Å². The second-order valence-electron chi connectivity index (χ2n) is 6.05. The SMILES string of the molecule is Cc1c(Cl)cccc1Nc1ccc(C(=O)NCCN2CCOCC2)nn1. The maximum Gasteiger partial charge on any atom is 0.271 e. The lowest BCUT2D eigenvalue weighted by Gasteiger charge is -2.26. The first-order valence-electron chi connectivity index (χ1n) is 8.57. The number of nitrogens with zero attached hydrogens (tertiary/aromatic N) is 3. The van der Waals surface area contributed by atoms with Crippen LogP contribution in [-0.4, -0.2) is 60.4 Å². The fraction of sp³-hybridized carbons (Fsp3) is 0.389. The lowest BCUT2D eigenvalue weighted by molar-refractivity contribution is 0.0383. The molecule has 1 amide bonds. The summed E-state index contributed by atoms with van der Waals surface area (Å²) in [5.74, 6) is 0.330. The van der Waals surface area contributed by atoms with Crippen LogP contribution in [0.15, 0.2) is 30.3 Å². The minimum atomic E-state index is -0.226. The van der Waals surface area contributed by atoms with Crippen molar-refractivity contribution >= 4 is 29.0 Å². The third-order valence-electron chi connectivity index (χ3n) is 4.24. The van der Waals surface area contributed by atoms with Crippen LogP contribution in [0.4, 0.5) is 11.5 Å². The van der Waals surface area contributed by atoms with Crippen LogP contribution >= 0.6 is 11.6 Å². The predicted molar refractivity (Wildman–Crippen MR) is 101 cm³/mol. The van der Waals surface area contributed by atoms with Gasteiger partial charge in [-0.1, -0.05) is 17.7 Å². The summed E-state index contributed by atoms with van der Waals surface area (Å²) in [5, 5.41) is 14.8. The van der Waals surface area contributed by atoms with Gasteiger partial charge in [-0.2, -0.15) is 0 Å². The van der Waals surface area contributed by atoms with E-state index in [-0.39, 0.29) is 5.91 Å². The van der Waals surface area contributed by atoms with Gasteiger partial charge in [0.1, 0.15) is 0 Å². The van der Waals surface area contributed by atoms with Gasteiger partial charge < -0.3 is 15.4 Å². The van der Waals surface area contributed by atoms with Crippen LogP contribution < -0.4 is 10.6 Å². The van der Waals surface area contributed by atoms with Crippen LogP contribution in [-0.2, 0) is 4.74 Å². The Labute approximate surface area is 157 Å². The Morgan fingerprint density at radius 2 is 2.04 bits per heavy atom. The number of amides is 1. The van der Waals surface area contributed by atoms with Crippen LogP contribution in [0.5, 0.6) is 0 Å². The minimum Gasteiger partial charge on any atom is -0.379 e. The first-order chi connectivity index (χ1) is 12.6. The maximum absolute atomic E-state index is 12.2. The van der Waals surface area contributed by atoms with E-state index in [2.05, 4.69) is 25.7 Å². The van der Waals surface area contributed by atoms with Crippen molar-refractivity contribution in [1.82, 2.24) is 20.4 Å². The summed E-state index contributed by atoms with van der Waals surface area (Å²) >= 11 is 6.11. The number of ether oxygens (including phenoxy) is 1. The molecule has 0 aliphatic carbocycles. The Hall–Kier alpha value is -2.22. The molecule has 0 unspecified atom stereocenters. The monoisotopic (exact) mass is 375 g/mol. The van der Waals surface area contributed by atoms with Crippen molar-refractivity contribution in [3.63, 3.8) is 0 Å². The number of aromatic nitrogens is 2. The van der Waals surface area contributed by atoms with Gasteiger partial charge in [0.2, 0.25) is 0 Å². The van der Waals surface area contributed by atoms with E-state index >= 15 is 0 Å². The van der Waals surface area contributed by atoms with Crippen molar-refractivity contribution in [3.05, 3.63) is 46.6 Å². The van der Waals surface area contributed by atoms with Gasteiger partial charge in [-0.15, -0.1) is 10.2 Å². The number of rotatable bonds is 6. The van der Waals surface area contributed by atoms with Crippen molar-refractivity contribution in [2.24, 2.45) is 0 Å². The Balaban J connectivity index is 1.51. The molecule has 2 aromatic rings. The van der Waals surface area contributed by atoms with E-state index < -0.39 is 0 Å². The van der Waals surface area contributed by atoms with Crippen LogP contribution in [0.2, 0.25) is 5.02 Å². The van der Waals surface area contributed by atoms with Crippen molar-refractivity contribution in [2.75, 3.05) is 44.7 Å². The highest BCUT2D eigenvalue weighted by Gasteiger charge is 2.12. The van der Waals surface area contributed by atoms with Gasteiger partial charge >= 0.3 is 0 Å². The number of anilines is 2. The molecule has 2 heterocycles. The molecule has 1 aliphatic rings. The van der Waals surface area contributed by atoms with Crippen molar-refractivity contribution < 1.29 is 9.53 Å². The Morgan fingerprint density at radius 3 is 2.77 bits per heavy atom.